The molecule has 3 heteroatoms. The van der Waals surface area contributed by atoms with Gasteiger partial charge in [-0.3, -0.25) is 0 Å². The summed E-state index contributed by atoms with van der Waals surface area (Å²) >= 11 is 0. The molecule has 1 aliphatic heterocycles. The summed E-state index contributed by atoms with van der Waals surface area (Å²) in [4.78, 5) is 0. The molecule has 1 aromatic rings. The lowest BCUT2D eigenvalue weighted by molar-refractivity contribution is -0.0760. The number of benzene rings is 1. The third kappa shape index (κ3) is 16.5. The van der Waals surface area contributed by atoms with Crippen molar-refractivity contribution in [2.45, 2.75) is 148 Å². The van der Waals surface area contributed by atoms with Crippen molar-refractivity contribution in [1.29, 1.82) is 0 Å². The van der Waals surface area contributed by atoms with E-state index in [4.69, 9.17) is 14.2 Å². The average Bonchev–Trinajstić information content (AvgIpc) is 3.32. The first-order chi connectivity index (χ1) is 17.3. The van der Waals surface area contributed by atoms with Gasteiger partial charge in [0.05, 0.1) is 13.2 Å². The predicted molar refractivity (Wildman–Crippen MR) is 149 cm³/mol. The summed E-state index contributed by atoms with van der Waals surface area (Å²) in [5.74, 6) is 0. The van der Waals surface area contributed by atoms with Crippen LogP contribution >= 0.6 is 0 Å². The second kappa shape index (κ2) is 21.2. The molecule has 1 aliphatic rings. The number of hydrogen-bond acceptors (Lipinski definition) is 3. The molecule has 1 saturated heterocycles. The van der Waals surface area contributed by atoms with Gasteiger partial charge in [-0.2, -0.15) is 0 Å². The van der Waals surface area contributed by atoms with Gasteiger partial charge in [0.1, 0.15) is 6.10 Å². The molecule has 2 rings (SSSR count). The molecule has 0 amide bonds. The topological polar surface area (TPSA) is 27.7 Å². The molecular formula is C32H56O3. The Morgan fingerprint density at radius 3 is 1.89 bits per heavy atom. The first kappa shape index (κ1) is 30.3. The second-order valence-electron chi connectivity index (χ2n) is 10.8. The van der Waals surface area contributed by atoms with Crippen LogP contribution in [0.4, 0.5) is 0 Å². The fourth-order valence-corrected chi connectivity index (χ4v) is 4.93. The summed E-state index contributed by atoms with van der Waals surface area (Å²) in [5, 5.41) is 0. The van der Waals surface area contributed by atoms with E-state index in [-0.39, 0.29) is 12.4 Å². The minimum absolute atomic E-state index is 0.00731. The maximum absolute atomic E-state index is 6.02. The molecule has 1 aromatic carbocycles. The van der Waals surface area contributed by atoms with Crippen LogP contribution in [-0.4, -0.2) is 32.2 Å². The Balaban J connectivity index is 1.29. The van der Waals surface area contributed by atoms with Gasteiger partial charge in [-0.1, -0.05) is 127 Å². The molecule has 1 fully saturated rings. The number of aryl methyl sites for hydroxylation is 2. The first-order valence-electron chi connectivity index (χ1n) is 15.2. The standard InChI is InChI=1S/C32H56O3/c1-3-4-5-6-7-8-9-10-11-12-13-14-15-16-17-21-32-34-28-31(35-32)27-33-26-19-18-20-30-24-22-29(2)23-25-30/h22-25,31-32H,3-21,26-28H2,1-2H3/t31-,32-/m0/s1. The van der Waals surface area contributed by atoms with Crippen LogP contribution in [0.15, 0.2) is 24.3 Å². The summed E-state index contributed by atoms with van der Waals surface area (Å²) in [5.41, 5.74) is 2.75. The number of unbranched alkanes of at least 4 members (excludes halogenated alkanes) is 15. The van der Waals surface area contributed by atoms with Crippen molar-refractivity contribution >= 4 is 0 Å². The first-order valence-corrected chi connectivity index (χ1v) is 15.2. The van der Waals surface area contributed by atoms with E-state index in [1.165, 1.54) is 114 Å². The zero-order valence-corrected chi connectivity index (χ0v) is 23.2. The Morgan fingerprint density at radius 1 is 0.714 bits per heavy atom. The molecule has 0 aliphatic carbocycles. The van der Waals surface area contributed by atoms with Crippen LogP contribution in [0, 0.1) is 6.92 Å². The van der Waals surface area contributed by atoms with Crippen molar-refractivity contribution < 1.29 is 14.2 Å². The van der Waals surface area contributed by atoms with Gasteiger partial charge in [0.15, 0.2) is 6.29 Å². The van der Waals surface area contributed by atoms with E-state index < -0.39 is 0 Å². The highest BCUT2D eigenvalue weighted by Crippen LogP contribution is 2.19. The number of hydrogen-bond donors (Lipinski definition) is 0. The van der Waals surface area contributed by atoms with Gasteiger partial charge < -0.3 is 14.2 Å². The van der Waals surface area contributed by atoms with E-state index in [0.29, 0.717) is 13.2 Å². The molecule has 202 valence electrons. The van der Waals surface area contributed by atoms with Crippen molar-refractivity contribution in [2.75, 3.05) is 19.8 Å². The summed E-state index contributed by atoms with van der Waals surface area (Å²) < 4.78 is 17.7. The van der Waals surface area contributed by atoms with Gasteiger partial charge in [0.25, 0.3) is 0 Å². The van der Waals surface area contributed by atoms with E-state index in [1.807, 2.05) is 0 Å². The Kier molecular flexibility index (Phi) is 18.4. The summed E-state index contributed by atoms with van der Waals surface area (Å²) in [6.07, 6.45) is 25.6. The summed E-state index contributed by atoms with van der Waals surface area (Å²) in [6, 6.07) is 8.86. The van der Waals surface area contributed by atoms with Crippen molar-refractivity contribution in [3.05, 3.63) is 35.4 Å². The molecule has 0 bridgehead atoms. The monoisotopic (exact) mass is 488 g/mol. The lowest BCUT2D eigenvalue weighted by Crippen LogP contribution is -2.19. The van der Waals surface area contributed by atoms with Gasteiger partial charge in [0, 0.05) is 6.61 Å². The van der Waals surface area contributed by atoms with Crippen LogP contribution in [0.2, 0.25) is 0 Å². The highest BCUT2D eigenvalue weighted by Gasteiger charge is 2.25. The predicted octanol–water partition coefficient (Wildman–Crippen LogP) is 9.34. The lowest BCUT2D eigenvalue weighted by Gasteiger charge is -2.12. The quantitative estimate of drug-likeness (QED) is 0.144. The van der Waals surface area contributed by atoms with E-state index in [1.54, 1.807) is 0 Å². The maximum Gasteiger partial charge on any atom is 0.158 e. The van der Waals surface area contributed by atoms with Gasteiger partial charge in [0.2, 0.25) is 0 Å². The van der Waals surface area contributed by atoms with E-state index in [2.05, 4.69) is 38.1 Å². The second-order valence-corrected chi connectivity index (χ2v) is 10.8. The molecule has 2 atom stereocenters. The third-order valence-corrected chi connectivity index (χ3v) is 7.28. The molecule has 35 heavy (non-hydrogen) atoms. The average molecular weight is 489 g/mol. The zero-order valence-electron chi connectivity index (χ0n) is 23.2. The molecule has 0 unspecified atom stereocenters. The van der Waals surface area contributed by atoms with E-state index >= 15 is 0 Å². The molecular weight excluding hydrogens is 432 g/mol. The normalized spacial score (nSPS) is 17.9. The Morgan fingerprint density at radius 2 is 1.29 bits per heavy atom. The van der Waals surface area contributed by atoms with Crippen LogP contribution in [0.25, 0.3) is 0 Å². The van der Waals surface area contributed by atoms with Gasteiger partial charge in [-0.25, -0.2) is 0 Å². The van der Waals surface area contributed by atoms with Crippen LogP contribution in [0.3, 0.4) is 0 Å². The molecule has 0 N–H and O–H groups in total. The summed E-state index contributed by atoms with van der Waals surface area (Å²) in [6.45, 7) is 6.60. The smallest absolute Gasteiger partial charge is 0.158 e. The zero-order chi connectivity index (χ0) is 24.8. The molecule has 1 heterocycles. The van der Waals surface area contributed by atoms with Crippen molar-refractivity contribution in [3.63, 3.8) is 0 Å². The van der Waals surface area contributed by atoms with Crippen molar-refractivity contribution in [3.8, 4) is 0 Å². The van der Waals surface area contributed by atoms with Crippen molar-refractivity contribution in [1.82, 2.24) is 0 Å². The van der Waals surface area contributed by atoms with E-state index in [0.717, 1.165) is 25.9 Å². The fraction of sp³-hybridized carbons (Fsp3) is 0.812. The largest absolute Gasteiger partial charge is 0.379 e. The van der Waals surface area contributed by atoms with Gasteiger partial charge in [-0.15, -0.1) is 0 Å². The SMILES string of the molecule is CCCCCCCCCCCCCCCCC[C@H]1OC[C@H](COCCCCc2ccc(C)cc2)O1. The fourth-order valence-electron chi connectivity index (χ4n) is 4.93. The Hall–Kier alpha value is -0.900. The van der Waals surface area contributed by atoms with Crippen LogP contribution in [0.5, 0.6) is 0 Å². The van der Waals surface area contributed by atoms with E-state index in [9.17, 15) is 0 Å². The third-order valence-electron chi connectivity index (χ3n) is 7.28. The lowest BCUT2D eigenvalue weighted by atomic mass is 10.0. The highest BCUT2D eigenvalue weighted by molar-refractivity contribution is 5.21. The molecule has 0 saturated carbocycles. The minimum Gasteiger partial charge on any atom is -0.379 e. The van der Waals surface area contributed by atoms with Crippen molar-refractivity contribution in [2.24, 2.45) is 0 Å². The van der Waals surface area contributed by atoms with Crippen LogP contribution in [-0.2, 0) is 20.6 Å². The van der Waals surface area contributed by atoms with Crippen LogP contribution in [0.1, 0.15) is 134 Å². The molecule has 0 radical (unpaired) electrons. The van der Waals surface area contributed by atoms with Crippen LogP contribution < -0.4 is 0 Å². The highest BCUT2D eigenvalue weighted by atomic mass is 16.7. The molecule has 3 nitrogen and oxygen atoms in total. The molecule has 0 aromatic heterocycles. The Labute approximate surface area is 217 Å². The number of ether oxygens (including phenoxy) is 3. The minimum atomic E-state index is -0.00731. The number of rotatable bonds is 23. The van der Waals surface area contributed by atoms with Gasteiger partial charge in [-0.05, 0) is 44.6 Å². The van der Waals surface area contributed by atoms with Gasteiger partial charge >= 0.3 is 0 Å². The Bertz CT molecular complexity index is 585. The maximum atomic E-state index is 6.02. The summed E-state index contributed by atoms with van der Waals surface area (Å²) in [7, 11) is 0. The molecule has 0 spiro atoms.